The van der Waals surface area contributed by atoms with Crippen molar-refractivity contribution in [3.63, 3.8) is 0 Å². The van der Waals surface area contributed by atoms with Gasteiger partial charge in [0.25, 0.3) is 0 Å². The first-order valence-electron chi connectivity index (χ1n) is 5.62. The van der Waals surface area contributed by atoms with Crippen molar-refractivity contribution >= 4 is 6.29 Å². The van der Waals surface area contributed by atoms with Gasteiger partial charge in [0.2, 0.25) is 0 Å². The molecule has 0 aliphatic rings. The second kappa shape index (κ2) is 8.81. The summed E-state index contributed by atoms with van der Waals surface area (Å²) in [6.07, 6.45) is 6.18. The summed E-state index contributed by atoms with van der Waals surface area (Å²) in [4.78, 5) is 10.2. The molecule has 0 bridgehead atoms. The molecule has 0 aliphatic heterocycles. The second-order valence-electron chi connectivity index (χ2n) is 4.08. The Hall–Kier alpha value is -0.770. The Balaban J connectivity index is 3.63. The topological polar surface area (TPSA) is 17.1 Å². The van der Waals surface area contributed by atoms with Crippen LogP contribution in [0.2, 0.25) is 0 Å². The van der Waals surface area contributed by atoms with Crippen LogP contribution in [0.4, 0.5) is 0 Å². The van der Waals surface area contributed by atoms with E-state index in [9.17, 15) is 4.79 Å². The third-order valence-corrected chi connectivity index (χ3v) is 2.29. The van der Waals surface area contributed by atoms with Gasteiger partial charge < -0.3 is 4.79 Å². The van der Waals surface area contributed by atoms with Crippen LogP contribution in [0.25, 0.3) is 0 Å². The quantitative estimate of drug-likeness (QED) is 0.467. The lowest BCUT2D eigenvalue weighted by Crippen LogP contribution is -1.94. The Bertz CT molecular complexity index is 197. The zero-order valence-electron chi connectivity index (χ0n) is 9.68. The largest absolute Gasteiger partial charge is 0.303 e. The van der Waals surface area contributed by atoms with Crippen molar-refractivity contribution in [3.8, 4) is 11.8 Å². The lowest BCUT2D eigenvalue weighted by atomic mass is 10.0. The molecule has 1 nitrogen and oxygen atoms in total. The van der Waals surface area contributed by atoms with Crippen molar-refractivity contribution in [2.45, 2.75) is 52.9 Å². The van der Waals surface area contributed by atoms with E-state index in [4.69, 9.17) is 0 Å². The highest BCUT2D eigenvalue weighted by Gasteiger charge is 1.98. The minimum absolute atomic E-state index is 0.415. The van der Waals surface area contributed by atoms with E-state index < -0.39 is 0 Å². The zero-order chi connectivity index (χ0) is 10.8. The first-order valence-corrected chi connectivity index (χ1v) is 5.62. The molecule has 14 heavy (non-hydrogen) atoms. The SMILES string of the molecule is CCCC[C@@H](C)C#CC[C@@H](C)CC=O. The molecule has 0 rings (SSSR count). The van der Waals surface area contributed by atoms with Gasteiger partial charge in [-0.2, -0.15) is 0 Å². The predicted molar refractivity (Wildman–Crippen MR) is 60.9 cm³/mol. The highest BCUT2D eigenvalue weighted by Crippen LogP contribution is 2.07. The van der Waals surface area contributed by atoms with Crippen LogP contribution in [0.3, 0.4) is 0 Å². The molecule has 80 valence electrons. The summed E-state index contributed by atoms with van der Waals surface area (Å²) in [7, 11) is 0. The van der Waals surface area contributed by atoms with Crippen LogP contribution in [-0.4, -0.2) is 6.29 Å². The number of carbonyl (C=O) groups excluding carboxylic acids is 1. The van der Waals surface area contributed by atoms with Crippen molar-refractivity contribution < 1.29 is 4.79 Å². The molecule has 0 saturated carbocycles. The number of hydrogen-bond acceptors (Lipinski definition) is 1. The van der Waals surface area contributed by atoms with Gasteiger partial charge >= 0.3 is 0 Å². The molecule has 0 saturated heterocycles. The van der Waals surface area contributed by atoms with Crippen LogP contribution in [-0.2, 0) is 4.79 Å². The van der Waals surface area contributed by atoms with Gasteiger partial charge in [0.15, 0.2) is 0 Å². The fourth-order valence-corrected chi connectivity index (χ4v) is 1.24. The number of rotatable bonds is 6. The molecule has 0 spiro atoms. The monoisotopic (exact) mass is 194 g/mol. The Morgan fingerprint density at radius 2 is 2.07 bits per heavy atom. The van der Waals surface area contributed by atoms with Crippen molar-refractivity contribution in [1.29, 1.82) is 0 Å². The van der Waals surface area contributed by atoms with Gasteiger partial charge in [0.1, 0.15) is 6.29 Å². The molecular formula is C13H22O. The first-order chi connectivity index (χ1) is 6.70. The van der Waals surface area contributed by atoms with Gasteiger partial charge in [-0.15, -0.1) is 11.8 Å². The molecule has 0 N–H and O–H groups in total. The van der Waals surface area contributed by atoms with E-state index >= 15 is 0 Å². The molecule has 0 unspecified atom stereocenters. The normalized spacial score (nSPS) is 13.9. The van der Waals surface area contributed by atoms with Crippen LogP contribution in [0, 0.1) is 23.7 Å². The lowest BCUT2D eigenvalue weighted by Gasteiger charge is -2.02. The molecule has 0 radical (unpaired) electrons. The summed E-state index contributed by atoms with van der Waals surface area (Å²) in [6, 6.07) is 0. The molecule has 2 atom stereocenters. The van der Waals surface area contributed by atoms with Gasteiger partial charge in [-0.05, 0) is 12.3 Å². The maximum absolute atomic E-state index is 10.2. The number of carbonyl (C=O) groups is 1. The van der Waals surface area contributed by atoms with Crippen LogP contribution in [0.15, 0.2) is 0 Å². The second-order valence-corrected chi connectivity index (χ2v) is 4.08. The van der Waals surface area contributed by atoms with Gasteiger partial charge in [0.05, 0.1) is 0 Å². The number of unbranched alkanes of at least 4 members (excludes halogenated alkanes) is 1. The number of hydrogen-bond donors (Lipinski definition) is 0. The number of aldehydes is 1. The standard InChI is InChI=1S/C13H22O/c1-4-5-7-12(2)8-6-9-13(3)10-11-14/h11-13H,4-5,7,9-10H2,1-3H3/t12-,13-/m1/s1. The average Bonchev–Trinajstić information content (AvgIpc) is 2.15. The van der Waals surface area contributed by atoms with Crippen molar-refractivity contribution in [1.82, 2.24) is 0 Å². The third-order valence-electron chi connectivity index (χ3n) is 2.29. The maximum atomic E-state index is 10.2. The molecule has 0 aromatic heterocycles. The van der Waals surface area contributed by atoms with E-state index in [1.807, 2.05) is 0 Å². The van der Waals surface area contributed by atoms with E-state index in [0.29, 0.717) is 18.3 Å². The van der Waals surface area contributed by atoms with Gasteiger partial charge in [-0.3, -0.25) is 0 Å². The Kier molecular flexibility index (Phi) is 8.33. The molecule has 0 amide bonds. The van der Waals surface area contributed by atoms with Crippen molar-refractivity contribution in [2.24, 2.45) is 11.8 Å². The summed E-state index contributed by atoms with van der Waals surface area (Å²) >= 11 is 0. The summed E-state index contributed by atoms with van der Waals surface area (Å²) in [5.74, 6) is 7.34. The molecule has 0 aliphatic carbocycles. The third kappa shape index (κ3) is 7.86. The van der Waals surface area contributed by atoms with Crippen molar-refractivity contribution in [3.05, 3.63) is 0 Å². The van der Waals surface area contributed by atoms with Crippen molar-refractivity contribution in [2.75, 3.05) is 0 Å². The molecule has 0 aromatic carbocycles. The Morgan fingerprint density at radius 1 is 1.36 bits per heavy atom. The molecular weight excluding hydrogens is 172 g/mol. The van der Waals surface area contributed by atoms with E-state index in [2.05, 4.69) is 32.6 Å². The zero-order valence-corrected chi connectivity index (χ0v) is 9.68. The van der Waals surface area contributed by atoms with Crippen LogP contribution < -0.4 is 0 Å². The Labute approximate surface area is 88.3 Å². The van der Waals surface area contributed by atoms with Crippen LogP contribution >= 0.6 is 0 Å². The van der Waals surface area contributed by atoms with E-state index in [1.54, 1.807) is 0 Å². The average molecular weight is 194 g/mol. The minimum Gasteiger partial charge on any atom is -0.303 e. The summed E-state index contributed by atoms with van der Waals surface area (Å²) in [5, 5.41) is 0. The summed E-state index contributed by atoms with van der Waals surface area (Å²) < 4.78 is 0. The molecule has 0 fully saturated rings. The summed E-state index contributed by atoms with van der Waals surface area (Å²) in [6.45, 7) is 6.44. The summed E-state index contributed by atoms with van der Waals surface area (Å²) in [5.41, 5.74) is 0. The van der Waals surface area contributed by atoms with Gasteiger partial charge in [-0.1, -0.05) is 33.6 Å². The fourth-order valence-electron chi connectivity index (χ4n) is 1.24. The van der Waals surface area contributed by atoms with Gasteiger partial charge in [0, 0.05) is 18.8 Å². The molecule has 1 heteroatoms. The smallest absolute Gasteiger partial charge is 0.120 e. The first kappa shape index (κ1) is 13.2. The van der Waals surface area contributed by atoms with Gasteiger partial charge in [-0.25, -0.2) is 0 Å². The minimum atomic E-state index is 0.415. The molecule has 0 heterocycles. The highest BCUT2D eigenvalue weighted by molar-refractivity contribution is 5.49. The lowest BCUT2D eigenvalue weighted by molar-refractivity contribution is -0.108. The predicted octanol–water partition coefficient (Wildman–Crippen LogP) is 3.43. The van der Waals surface area contributed by atoms with E-state index in [1.165, 1.54) is 19.3 Å². The maximum Gasteiger partial charge on any atom is 0.120 e. The van der Waals surface area contributed by atoms with Crippen LogP contribution in [0.5, 0.6) is 0 Å². The Morgan fingerprint density at radius 3 is 2.64 bits per heavy atom. The van der Waals surface area contributed by atoms with Crippen LogP contribution in [0.1, 0.15) is 52.9 Å². The highest BCUT2D eigenvalue weighted by atomic mass is 16.1. The van der Waals surface area contributed by atoms with E-state index in [-0.39, 0.29) is 0 Å². The van der Waals surface area contributed by atoms with E-state index in [0.717, 1.165) is 12.7 Å². The fraction of sp³-hybridized carbons (Fsp3) is 0.769. The molecule has 0 aromatic rings.